The maximum Gasteiger partial charge on any atom is 0.254 e. The van der Waals surface area contributed by atoms with Crippen molar-refractivity contribution < 1.29 is 9.36 Å². The Bertz CT molecular complexity index is 535. The van der Waals surface area contributed by atoms with Crippen LogP contribution in [0.1, 0.15) is 21.6 Å². The molecule has 0 fully saturated rings. The summed E-state index contributed by atoms with van der Waals surface area (Å²) in [5, 5.41) is 0. The van der Waals surface area contributed by atoms with E-state index in [1.54, 1.807) is 12.3 Å². The third-order valence-electron chi connectivity index (χ3n) is 2.73. The lowest BCUT2D eigenvalue weighted by Gasteiger charge is -2.02. The summed E-state index contributed by atoms with van der Waals surface area (Å²) < 4.78 is 2.02. The molecular weight excluding hydrogens is 212 g/mol. The van der Waals surface area contributed by atoms with Gasteiger partial charge in [0.25, 0.3) is 5.91 Å². The van der Waals surface area contributed by atoms with E-state index in [-0.39, 0.29) is 0 Å². The number of nitrogens with zero attached hydrogens (tertiary/aromatic N) is 1. The van der Waals surface area contributed by atoms with Crippen LogP contribution in [0.5, 0.6) is 0 Å². The zero-order valence-corrected chi connectivity index (χ0v) is 9.76. The van der Waals surface area contributed by atoms with Gasteiger partial charge in [0.15, 0.2) is 18.4 Å². The molecule has 0 unspecified atom stereocenters. The molecule has 0 aliphatic rings. The summed E-state index contributed by atoms with van der Waals surface area (Å²) in [5.41, 5.74) is 8.10. The summed E-state index contributed by atoms with van der Waals surface area (Å²) in [6.07, 6.45) is 1.80. The smallest absolute Gasteiger partial charge is 0.254 e. The number of hydrogen-bond acceptors (Lipinski definition) is 1. The molecule has 0 saturated carbocycles. The third-order valence-corrected chi connectivity index (χ3v) is 2.73. The standard InChI is InChI=1S/C14H14N2O/c1-11-7-8-13(14(15)17)10-16(11)9-12-5-3-2-4-6-12/h2-8,10H,9H2,1H3,(H-,15,17)/p+1. The van der Waals surface area contributed by atoms with Gasteiger partial charge in [-0.25, -0.2) is 0 Å². The van der Waals surface area contributed by atoms with Crippen LogP contribution in [0.25, 0.3) is 0 Å². The van der Waals surface area contributed by atoms with E-state index in [9.17, 15) is 4.79 Å². The van der Waals surface area contributed by atoms with E-state index in [2.05, 4.69) is 12.1 Å². The lowest BCUT2D eigenvalue weighted by molar-refractivity contribution is -0.694. The Hall–Kier alpha value is -2.16. The largest absolute Gasteiger partial charge is 0.365 e. The molecule has 2 rings (SSSR count). The Labute approximate surface area is 101 Å². The van der Waals surface area contributed by atoms with E-state index in [0.717, 1.165) is 12.2 Å². The van der Waals surface area contributed by atoms with Crippen molar-refractivity contribution in [3.8, 4) is 0 Å². The Balaban J connectivity index is 2.32. The normalized spacial score (nSPS) is 10.2. The third kappa shape index (κ3) is 2.69. The first-order valence-corrected chi connectivity index (χ1v) is 5.50. The lowest BCUT2D eigenvalue weighted by Crippen LogP contribution is -2.38. The van der Waals surface area contributed by atoms with Gasteiger partial charge in [0.05, 0.1) is 0 Å². The molecule has 0 spiro atoms. The molecule has 3 heteroatoms. The molecule has 0 aliphatic heterocycles. The van der Waals surface area contributed by atoms with Gasteiger partial charge >= 0.3 is 0 Å². The monoisotopic (exact) mass is 227 g/mol. The van der Waals surface area contributed by atoms with Crippen molar-refractivity contribution in [2.75, 3.05) is 0 Å². The van der Waals surface area contributed by atoms with E-state index in [1.165, 1.54) is 5.56 Å². The van der Waals surface area contributed by atoms with Crippen molar-refractivity contribution in [3.63, 3.8) is 0 Å². The van der Waals surface area contributed by atoms with E-state index < -0.39 is 5.91 Å². The first-order valence-electron chi connectivity index (χ1n) is 5.50. The fourth-order valence-corrected chi connectivity index (χ4v) is 1.72. The number of rotatable bonds is 3. The van der Waals surface area contributed by atoms with Crippen LogP contribution in [0, 0.1) is 6.92 Å². The molecule has 3 nitrogen and oxygen atoms in total. The van der Waals surface area contributed by atoms with Gasteiger partial charge in [0.2, 0.25) is 0 Å². The fraction of sp³-hybridized carbons (Fsp3) is 0.143. The molecule has 1 amide bonds. The van der Waals surface area contributed by atoms with Crippen molar-refractivity contribution in [1.29, 1.82) is 0 Å². The van der Waals surface area contributed by atoms with Crippen LogP contribution in [0.3, 0.4) is 0 Å². The van der Waals surface area contributed by atoms with Crippen molar-refractivity contribution >= 4 is 5.91 Å². The summed E-state index contributed by atoms with van der Waals surface area (Å²) in [5.74, 6) is -0.396. The second-order valence-corrected chi connectivity index (χ2v) is 4.04. The van der Waals surface area contributed by atoms with E-state index in [4.69, 9.17) is 5.73 Å². The number of carbonyl (C=O) groups is 1. The van der Waals surface area contributed by atoms with Crippen molar-refractivity contribution in [2.45, 2.75) is 13.5 Å². The quantitative estimate of drug-likeness (QED) is 0.792. The Morgan fingerprint density at radius 3 is 2.53 bits per heavy atom. The molecule has 2 aromatic rings. The first kappa shape index (κ1) is 11.3. The van der Waals surface area contributed by atoms with Gasteiger partial charge < -0.3 is 5.73 Å². The molecule has 0 radical (unpaired) electrons. The summed E-state index contributed by atoms with van der Waals surface area (Å²) in [6.45, 7) is 2.75. The fourth-order valence-electron chi connectivity index (χ4n) is 1.72. The van der Waals surface area contributed by atoms with Gasteiger partial charge in [-0.15, -0.1) is 0 Å². The van der Waals surface area contributed by atoms with Gasteiger partial charge in [0, 0.05) is 18.6 Å². The minimum atomic E-state index is -0.396. The van der Waals surface area contributed by atoms with Gasteiger partial charge in [0.1, 0.15) is 5.56 Å². The minimum Gasteiger partial charge on any atom is -0.365 e. The summed E-state index contributed by atoms with van der Waals surface area (Å²) in [7, 11) is 0. The van der Waals surface area contributed by atoms with Crippen molar-refractivity contribution in [1.82, 2.24) is 0 Å². The second kappa shape index (κ2) is 4.78. The van der Waals surface area contributed by atoms with Crippen LogP contribution in [0.4, 0.5) is 0 Å². The molecule has 2 N–H and O–H groups in total. The summed E-state index contributed by atoms with van der Waals surface area (Å²) in [6, 6.07) is 13.8. The minimum absolute atomic E-state index is 0.396. The van der Waals surface area contributed by atoms with Gasteiger partial charge in [-0.2, -0.15) is 4.57 Å². The number of hydrogen-bond donors (Lipinski definition) is 1. The Morgan fingerprint density at radius 2 is 1.88 bits per heavy atom. The zero-order valence-electron chi connectivity index (χ0n) is 9.76. The van der Waals surface area contributed by atoms with Gasteiger partial charge in [-0.05, 0) is 6.07 Å². The molecule has 0 saturated heterocycles. The Morgan fingerprint density at radius 1 is 1.18 bits per heavy atom. The average molecular weight is 227 g/mol. The highest BCUT2D eigenvalue weighted by atomic mass is 16.1. The number of aryl methyl sites for hydroxylation is 1. The molecular formula is C14H15N2O+. The van der Waals surface area contributed by atoms with Crippen LogP contribution in [-0.4, -0.2) is 5.91 Å². The maximum atomic E-state index is 11.1. The predicted octanol–water partition coefficient (Wildman–Crippen LogP) is 1.43. The molecule has 1 aromatic heterocycles. The van der Waals surface area contributed by atoms with Crippen molar-refractivity contribution in [2.24, 2.45) is 5.73 Å². The average Bonchev–Trinajstić information content (AvgIpc) is 2.33. The van der Waals surface area contributed by atoms with E-state index >= 15 is 0 Å². The number of carbonyl (C=O) groups excluding carboxylic acids is 1. The predicted molar refractivity (Wildman–Crippen MR) is 65.4 cm³/mol. The molecule has 1 aromatic carbocycles. The lowest BCUT2D eigenvalue weighted by atomic mass is 10.2. The van der Waals surface area contributed by atoms with Crippen LogP contribution < -0.4 is 10.3 Å². The van der Waals surface area contributed by atoms with Crippen LogP contribution in [0.2, 0.25) is 0 Å². The second-order valence-electron chi connectivity index (χ2n) is 4.04. The maximum absolute atomic E-state index is 11.1. The topological polar surface area (TPSA) is 47.0 Å². The van der Waals surface area contributed by atoms with E-state index in [1.807, 2.05) is 35.8 Å². The molecule has 17 heavy (non-hydrogen) atoms. The number of pyridine rings is 1. The van der Waals surface area contributed by atoms with Gasteiger partial charge in [-0.3, -0.25) is 4.79 Å². The highest BCUT2D eigenvalue weighted by molar-refractivity contribution is 5.92. The molecule has 0 atom stereocenters. The Kier molecular flexibility index (Phi) is 3.19. The zero-order chi connectivity index (χ0) is 12.3. The number of benzene rings is 1. The first-order chi connectivity index (χ1) is 8.16. The number of primary amides is 1. The van der Waals surface area contributed by atoms with Gasteiger partial charge in [-0.1, -0.05) is 30.3 Å². The SMILES string of the molecule is Cc1ccc(C(N)=O)c[n+]1Cc1ccccc1. The highest BCUT2D eigenvalue weighted by Gasteiger charge is 2.11. The molecule has 0 bridgehead atoms. The van der Waals surface area contributed by atoms with Crippen LogP contribution >= 0.6 is 0 Å². The molecule has 0 aliphatic carbocycles. The van der Waals surface area contributed by atoms with Crippen LogP contribution in [-0.2, 0) is 6.54 Å². The van der Waals surface area contributed by atoms with Crippen LogP contribution in [0.15, 0.2) is 48.7 Å². The summed E-state index contributed by atoms with van der Waals surface area (Å²) >= 11 is 0. The summed E-state index contributed by atoms with van der Waals surface area (Å²) in [4.78, 5) is 11.1. The number of nitrogens with two attached hydrogens (primary N) is 1. The molecule has 86 valence electrons. The van der Waals surface area contributed by atoms with E-state index in [0.29, 0.717) is 5.56 Å². The number of aromatic nitrogens is 1. The molecule has 1 heterocycles. The van der Waals surface area contributed by atoms with Crippen molar-refractivity contribution in [3.05, 3.63) is 65.5 Å². The highest BCUT2D eigenvalue weighted by Crippen LogP contribution is 2.01. The number of amides is 1.